The normalized spacial score (nSPS) is 11.8. The standard InChI is InChI=1S/C37H49ClN6O2Si/c1-24(2)47(25(3)4,26(5)6)21-18-30-32-23-39-37(40-27-12-14-28(15-13-27)43(9)20-19-42(7)8)41-35(32)44(10)36(45)34(30)31-22-29(46-11)16-17-33(31)38/h12-17,22-26H,19-20H2,1-11H3,(H,39,40,41). The molecule has 8 nitrogen and oxygen atoms in total. The van der Waals surface area contributed by atoms with E-state index in [0.29, 0.717) is 61.1 Å². The van der Waals surface area contributed by atoms with E-state index < -0.39 is 8.07 Å². The van der Waals surface area contributed by atoms with Gasteiger partial charge in [0.15, 0.2) is 0 Å². The predicted octanol–water partition coefficient (Wildman–Crippen LogP) is 7.97. The zero-order valence-electron chi connectivity index (χ0n) is 29.7. The number of halogens is 1. The van der Waals surface area contributed by atoms with Crippen molar-refractivity contribution in [3.8, 4) is 28.3 Å². The Labute approximate surface area is 286 Å². The molecular weight excluding hydrogens is 624 g/mol. The van der Waals surface area contributed by atoms with E-state index in [1.165, 1.54) is 0 Å². The summed E-state index contributed by atoms with van der Waals surface area (Å²) in [5.41, 5.74) is 8.88. The third-order valence-corrected chi connectivity index (χ3v) is 15.9. The van der Waals surface area contributed by atoms with Crippen LogP contribution in [-0.4, -0.2) is 68.9 Å². The molecule has 0 aliphatic rings. The molecule has 1 N–H and O–H groups in total. The van der Waals surface area contributed by atoms with Crippen LogP contribution in [0.3, 0.4) is 0 Å². The first-order chi connectivity index (χ1) is 22.2. The summed E-state index contributed by atoms with van der Waals surface area (Å²) in [7, 11) is 7.40. The Morgan fingerprint density at radius 3 is 2.19 bits per heavy atom. The summed E-state index contributed by atoms with van der Waals surface area (Å²) in [5, 5.41) is 4.45. The van der Waals surface area contributed by atoms with E-state index in [0.717, 1.165) is 24.5 Å². The van der Waals surface area contributed by atoms with Crippen molar-refractivity contribution in [3.05, 3.63) is 69.6 Å². The molecule has 2 aromatic heterocycles. The van der Waals surface area contributed by atoms with Crippen LogP contribution >= 0.6 is 11.6 Å². The maximum atomic E-state index is 14.3. The molecule has 0 amide bonds. The van der Waals surface area contributed by atoms with Gasteiger partial charge in [-0.1, -0.05) is 59.1 Å². The van der Waals surface area contributed by atoms with Crippen LogP contribution in [0.25, 0.3) is 22.2 Å². The van der Waals surface area contributed by atoms with Gasteiger partial charge in [-0.05, 0) is 73.2 Å². The monoisotopic (exact) mass is 672 g/mol. The average molecular weight is 673 g/mol. The Morgan fingerprint density at radius 1 is 0.979 bits per heavy atom. The van der Waals surface area contributed by atoms with Gasteiger partial charge in [0.05, 0.1) is 18.1 Å². The van der Waals surface area contributed by atoms with Gasteiger partial charge in [-0.3, -0.25) is 9.36 Å². The second kappa shape index (κ2) is 14.9. The highest BCUT2D eigenvalue weighted by molar-refractivity contribution is 6.90. The molecule has 0 fully saturated rings. The lowest BCUT2D eigenvalue weighted by Crippen LogP contribution is -2.43. The summed E-state index contributed by atoms with van der Waals surface area (Å²) in [5.74, 6) is 4.56. The summed E-state index contributed by atoms with van der Waals surface area (Å²) >= 11 is 6.76. The van der Waals surface area contributed by atoms with Crippen LogP contribution in [0.15, 0.2) is 53.5 Å². The number of hydrogen-bond acceptors (Lipinski definition) is 7. The first-order valence-electron chi connectivity index (χ1n) is 16.2. The topological polar surface area (TPSA) is 75.5 Å². The molecule has 0 unspecified atom stereocenters. The van der Waals surface area contributed by atoms with E-state index in [4.69, 9.17) is 26.3 Å². The van der Waals surface area contributed by atoms with Crippen molar-refractivity contribution in [2.24, 2.45) is 7.05 Å². The van der Waals surface area contributed by atoms with E-state index in [9.17, 15) is 4.79 Å². The van der Waals surface area contributed by atoms with Crippen LogP contribution in [0.2, 0.25) is 21.6 Å². The van der Waals surface area contributed by atoms with Crippen molar-refractivity contribution in [1.29, 1.82) is 0 Å². The summed E-state index contributed by atoms with van der Waals surface area (Å²) < 4.78 is 7.07. The van der Waals surface area contributed by atoms with E-state index >= 15 is 0 Å². The first kappa shape index (κ1) is 36.0. The number of rotatable bonds is 11. The smallest absolute Gasteiger partial charge is 0.261 e. The average Bonchev–Trinajstić information content (AvgIpc) is 3.02. The Bertz CT molecular complexity index is 1820. The van der Waals surface area contributed by atoms with Crippen LogP contribution in [-0.2, 0) is 7.05 Å². The third-order valence-electron chi connectivity index (χ3n) is 9.28. The van der Waals surface area contributed by atoms with Crippen molar-refractivity contribution in [2.75, 3.05) is 51.6 Å². The van der Waals surface area contributed by atoms with E-state index in [2.05, 4.69) is 101 Å². The molecule has 2 aromatic carbocycles. The number of aryl methyl sites for hydroxylation is 1. The lowest BCUT2D eigenvalue weighted by atomic mass is 9.99. The number of nitrogens with zero attached hydrogens (tertiary/aromatic N) is 5. The molecule has 2 heterocycles. The molecule has 4 rings (SSSR count). The molecule has 10 heteroatoms. The van der Waals surface area contributed by atoms with Gasteiger partial charge in [-0.25, -0.2) is 4.98 Å². The van der Waals surface area contributed by atoms with E-state index in [1.807, 2.05) is 12.1 Å². The second-order valence-corrected chi connectivity index (χ2v) is 19.4. The lowest BCUT2D eigenvalue weighted by Gasteiger charge is -2.38. The Balaban J connectivity index is 1.89. The quantitative estimate of drug-likeness (QED) is 0.128. The Kier molecular flexibility index (Phi) is 11.4. The fourth-order valence-electron chi connectivity index (χ4n) is 6.58. The predicted molar refractivity (Wildman–Crippen MR) is 201 cm³/mol. The molecule has 0 saturated heterocycles. The molecule has 0 atom stereocenters. The highest BCUT2D eigenvalue weighted by atomic mass is 35.5. The van der Waals surface area contributed by atoms with Crippen molar-refractivity contribution < 1.29 is 4.74 Å². The van der Waals surface area contributed by atoms with Gasteiger partial charge < -0.3 is 19.9 Å². The van der Waals surface area contributed by atoms with Crippen LogP contribution in [0.5, 0.6) is 5.75 Å². The molecule has 250 valence electrons. The van der Waals surface area contributed by atoms with Crippen molar-refractivity contribution in [1.82, 2.24) is 19.4 Å². The molecule has 47 heavy (non-hydrogen) atoms. The van der Waals surface area contributed by atoms with Gasteiger partial charge in [-0.15, -0.1) is 5.54 Å². The molecule has 0 aliphatic heterocycles. The van der Waals surface area contributed by atoms with E-state index in [-0.39, 0.29) is 5.56 Å². The van der Waals surface area contributed by atoms with Crippen molar-refractivity contribution in [3.63, 3.8) is 0 Å². The van der Waals surface area contributed by atoms with Crippen molar-refractivity contribution in [2.45, 2.75) is 58.2 Å². The number of anilines is 3. The fourth-order valence-corrected chi connectivity index (χ4v) is 12.0. The molecule has 0 bridgehead atoms. The maximum Gasteiger partial charge on any atom is 0.261 e. The Morgan fingerprint density at radius 2 is 1.62 bits per heavy atom. The molecule has 0 spiro atoms. The van der Waals surface area contributed by atoms with Gasteiger partial charge in [-0.2, -0.15) is 4.98 Å². The zero-order valence-corrected chi connectivity index (χ0v) is 31.5. The minimum absolute atomic E-state index is 0.238. The van der Waals surface area contributed by atoms with Gasteiger partial charge in [0.2, 0.25) is 5.95 Å². The summed E-state index contributed by atoms with van der Waals surface area (Å²) in [6, 6.07) is 13.5. The number of likely N-dealkylation sites (N-methyl/N-ethyl adjacent to an activating group) is 2. The van der Waals surface area contributed by atoms with Crippen LogP contribution in [0, 0.1) is 11.5 Å². The number of pyridine rings is 1. The van der Waals surface area contributed by atoms with Crippen LogP contribution in [0.1, 0.15) is 47.1 Å². The maximum absolute atomic E-state index is 14.3. The van der Waals surface area contributed by atoms with Gasteiger partial charge in [0, 0.05) is 60.9 Å². The number of nitrogens with one attached hydrogen (secondary N) is 1. The number of methoxy groups -OCH3 is 1. The van der Waals surface area contributed by atoms with Crippen LogP contribution < -0.4 is 20.5 Å². The molecule has 0 aliphatic carbocycles. The number of ether oxygens (including phenoxy) is 1. The van der Waals surface area contributed by atoms with Gasteiger partial charge >= 0.3 is 0 Å². The molecule has 0 saturated carbocycles. The van der Waals surface area contributed by atoms with E-state index in [1.54, 1.807) is 43.1 Å². The molecular formula is C37H49ClN6O2Si. The number of aromatic nitrogens is 3. The lowest BCUT2D eigenvalue weighted by molar-refractivity contribution is 0.415. The zero-order chi connectivity index (χ0) is 34.6. The molecule has 0 radical (unpaired) electrons. The summed E-state index contributed by atoms with van der Waals surface area (Å²) in [4.78, 5) is 28.2. The number of benzene rings is 2. The summed E-state index contributed by atoms with van der Waals surface area (Å²) in [6.07, 6.45) is 1.76. The van der Waals surface area contributed by atoms with Gasteiger partial charge in [0.1, 0.15) is 19.5 Å². The number of hydrogen-bond donors (Lipinski definition) is 1. The van der Waals surface area contributed by atoms with Crippen molar-refractivity contribution >= 4 is 48.0 Å². The SMILES string of the molecule is COc1ccc(Cl)c(-c2c(C#C[Si](C(C)C)(C(C)C)C(C)C)c3cnc(Nc4ccc(N(C)CCN(C)C)cc4)nc3n(C)c2=O)c1. The second-order valence-electron chi connectivity index (χ2n) is 13.4. The fraction of sp³-hybridized carbons (Fsp3) is 0.432. The minimum Gasteiger partial charge on any atom is -0.497 e. The largest absolute Gasteiger partial charge is 0.497 e. The Hall–Kier alpha value is -3.84. The number of fused-ring (bicyclic) bond motifs is 1. The highest BCUT2D eigenvalue weighted by Crippen LogP contribution is 2.41. The first-order valence-corrected chi connectivity index (χ1v) is 18.8. The molecule has 4 aromatic rings. The third kappa shape index (κ3) is 7.51. The highest BCUT2D eigenvalue weighted by Gasteiger charge is 2.41. The van der Waals surface area contributed by atoms with Gasteiger partial charge in [0.25, 0.3) is 5.56 Å². The summed E-state index contributed by atoms with van der Waals surface area (Å²) in [6.45, 7) is 15.5. The van der Waals surface area contributed by atoms with Crippen LogP contribution in [0.4, 0.5) is 17.3 Å². The minimum atomic E-state index is -2.16.